The maximum atomic E-state index is 6.27. The molecule has 4 rings (SSSR count). The average molecular weight is 337 g/mol. The van der Waals surface area contributed by atoms with Crippen LogP contribution in [0.4, 0.5) is 0 Å². The third kappa shape index (κ3) is 3.19. The fraction of sp³-hybridized carbons (Fsp3) is 0.455. The first-order valence-electron chi connectivity index (χ1n) is 9.37. The molecule has 0 N–H and O–H groups in total. The third-order valence-electron chi connectivity index (χ3n) is 5.63. The second-order valence-electron chi connectivity index (χ2n) is 7.25. The fourth-order valence-electron chi connectivity index (χ4n) is 4.18. The van der Waals surface area contributed by atoms with E-state index in [1.807, 2.05) is 6.92 Å². The number of benzene rings is 2. The third-order valence-corrected chi connectivity index (χ3v) is 5.63. The number of nitrogens with zero attached hydrogens (tertiary/aromatic N) is 1. The summed E-state index contributed by atoms with van der Waals surface area (Å²) in [5.74, 6) is 1.02. The van der Waals surface area contributed by atoms with Crippen molar-refractivity contribution in [3.63, 3.8) is 0 Å². The highest BCUT2D eigenvalue weighted by molar-refractivity contribution is 5.37. The predicted molar refractivity (Wildman–Crippen MR) is 99.8 cm³/mol. The molecule has 2 aromatic rings. The van der Waals surface area contributed by atoms with Crippen molar-refractivity contribution in [3.8, 4) is 5.75 Å². The number of ether oxygens (including phenoxy) is 2. The lowest BCUT2D eigenvalue weighted by Gasteiger charge is -2.39. The Kier molecular flexibility index (Phi) is 4.53. The minimum Gasteiger partial charge on any atom is -0.494 e. The Morgan fingerprint density at radius 2 is 1.92 bits per heavy atom. The summed E-state index contributed by atoms with van der Waals surface area (Å²) in [6, 6.07) is 15.3. The first kappa shape index (κ1) is 16.6. The van der Waals surface area contributed by atoms with Crippen LogP contribution in [0.3, 0.4) is 0 Å². The molecule has 0 bridgehead atoms. The normalized spacial score (nSPS) is 19.1. The zero-order valence-corrected chi connectivity index (χ0v) is 15.3. The molecule has 0 saturated carbocycles. The Morgan fingerprint density at radius 3 is 2.72 bits per heavy atom. The fourth-order valence-corrected chi connectivity index (χ4v) is 4.18. The maximum absolute atomic E-state index is 6.27. The highest BCUT2D eigenvalue weighted by Gasteiger charge is 2.42. The molecular formula is C22H27NO2. The van der Waals surface area contributed by atoms with Gasteiger partial charge in [0.1, 0.15) is 5.75 Å². The lowest BCUT2D eigenvalue weighted by Crippen LogP contribution is -2.42. The predicted octanol–water partition coefficient (Wildman–Crippen LogP) is 4.42. The molecule has 0 unspecified atom stereocenters. The molecule has 0 amide bonds. The summed E-state index contributed by atoms with van der Waals surface area (Å²) in [4.78, 5) is 2.54. The van der Waals surface area contributed by atoms with E-state index in [-0.39, 0.29) is 5.60 Å². The molecule has 3 heteroatoms. The van der Waals surface area contributed by atoms with Gasteiger partial charge in [0.2, 0.25) is 0 Å². The van der Waals surface area contributed by atoms with Crippen LogP contribution >= 0.6 is 0 Å². The van der Waals surface area contributed by atoms with E-state index in [4.69, 9.17) is 9.47 Å². The standard InChI is InChI=1S/C22H27NO2/c1-3-24-21-14-18(9-8-17(21)2)15-23-12-10-22(11-13-23)20-7-5-4-6-19(20)16-25-22/h4-9,14H,3,10-13,15-16H2,1-2H3. The van der Waals surface area contributed by atoms with Gasteiger partial charge in [-0.15, -0.1) is 0 Å². The van der Waals surface area contributed by atoms with Crippen molar-refractivity contribution in [2.75, 3.05) is 19.7 Å². The molecule has 25 heavy (non-hydrogen) atoms. The number of rotatable bonds is 4. The lowest BCUT2D eigenvalue weighted by molar-refractivity contribution is -0.0799. The molecule has 2 aliphatic heterocycles. The van der Waals surface area contributed by atoms with E-state index in [9.17, 15) is 0 Å². The van der Waals surface area contributed by atoms with Crippen LogP contribution in [0.2, 0.25) is 0 Å². The smallest absolute Gasteiger partial charge is 0.122 e. The summed E-state index contributed by atoms with van der Waals surface area (Å²) in [6.45, 7) is 8.76. The summed E-state index contributed by atoms with van der Waals surface area (Å²) < 4.78 is 12.0. The van der Waals surface area contributed by atoms with Gasteiger partial charge < -0.3 is 9.47 Å². The van der Waals surface area contributed by atoms with E-state index in [0.717, 1.165) is 44.8 Å². The van der Waals surface area contributed by atoms with Gasteiger partial charge in [-0.1, -0.05) is 36.4 Å². The van der Waals surface area contributed by atoms with Gasteiger partial charge in [-0.3, -0.25) is 4.90 Å². The van der Waals surface area contributed by atoms with Crippen LogP contribution in [-0.4, -0.2) is 24.6 Å². The van der Waals surface area contributed by atoms with Crippen molar-refractivity contribution >= 4 is 0 Å². The summed E-state index contributed by atoms with van der Waals surface area (Å²) in [5.41, 5.74) is 5.29. The van der Waals surface area contributed by atoms with Gasteiger partial charge in [0.05, 0.1) is 18.8 Å². The summed E-state index contributed by atoms with van der Waals surface area (Å²) in [5, 5.41) is 0. The number of hydrogen-bond donors (Lipinski definition) is 0. The molecular weight excluding hydrogens is 310 g/mol. The minimum absolute atomic E-state index is 0.0448. The number of piperidine rings is 1. The van der Waals surface area contributed by atoms with Gasteiger partial charge in [0, 0.05) is 19.6 Å². The summed E-state index contributed by atoms with van der Waals surface area (Å²) >= 11 is 0. The highest BCUT2D eigenvalue weighted by atomic mass is 16.5. The largest absolute Gasteiger partial charge is 0.494 e. The quantitative estimate of drug-likeness (QED) is 0.824. The number of fused-ring (bicyclic) bond motifs is 2. The Balaban J connectivity index is 1.42. The van der Waals surface area contributed by atoms with Gasteiger partial charge in [-0.05, 0) is 55.0 Å². The average Bonchev–Trinajstić information content (AvgIpc) is 2.99. The molecule has 1 saturated heterocycles. The molecule has 2 aliphatic rings. The molecule has 1 spiro atoms. The van der Waals surface area contributed by atoms with E-state index in [1.54, 1.807) is 0 Å². The van der Waals surface area contributed by atoms with Crippen LogP contribution in [0.1, 0.15) is 42.0 Å². The van der Waals surface area contributed by atoms with Gasteiger partial charge in [0.25, 0.3) is 0 Å². The van der Waals surface area contributed by atoms with Crippen molar-refractivity contribution in [2.45, 2.75) is 45.4 Å². The van der Waals surface area contributed by atoms with Gasteiger partial charge >= 0.3 is 0 Å². The Bertz CT molecular complexity index is 747. The monoisotopic (exact) mass is 337 g/mol. The Hall–Kier alpha value is -1.84. The molecule has 132 valence electrons. The molecule has 0 aromatic heterocycles. The number of likely N-dealkylation sites (tertiary alicyclic amines) is 1. The van der Waals surface area contributed by atoms with Crippen LogP contribution in [-0.2, 0) is 23.5 Å². The van der Waals surface area contributed by atoms with Crippen LogP contribution in [0.5, 0.6) is 5.75 Å². The van der Waals surface area contributed by atoms with Crippen molar-refractivity contribution < 1.29 is 9.47 Å². The minimum atomic E-state index is -0.0448. The zero-order valence-electron chi connectivity index (χ0n) is 15.3. The Labute approximate surface area is 150 Å². The van der Waals surface area contributed by atoms with E-state index >= 15 is 0 Å². The molecule has 1 fully saturated rings. The van der Waals surface area contributed by atoms with Gasteiger partial charge in [0.15, 0.2) is 0 Å². The zero-order chi connectivity index (χ0) is 17.3. The van der Waals surface area contributed by atoms with Gasteiger partial charge in [-0.25, -0.2) is 0 Å². The van der Waals surface area contributed by atoms with Crippen molar-refractivity contribution in [3.05, 3.63) is 64.7 Å². The van der Waals surface area contributed by atoms with Crippen molar-refractivity contribution in [1.82, 2.24) is 4.90 Å². The highest BCUT2D eigenvalue weighted by Crippen LogP contribution is 2.44. The van der Waals surface area contributed by atoms with E-state index in [0.29, 0.717) is 6.61 Å². The van der Waals surface area contributed by atoms with Crippen LogP contribution in [0, 0.1) is 6.92 Å². The van der Waals surface area contributed by atoms with Crippen molar-refractivity contribution in [1.29, 1.82) is 0 Å². The first-order chi connectivity index (χ1) is 12.2. The molecule has 0 radical (unpaired) electrons. The molecule has 2 aromatic carbocycles. The van der Waals surface area contributed by atoms with Crippen LogP contribution in [0.15, 0.2) is 42.5 Å². The van der Waals surface area contributed by atoms with Crippen molar-refractivity contribution in [2.24, 2.45) is 0 Å². The SMILES string of the molecule is CCOc1cc(CN2CCC3(CC2)OCc2ccccc23)ccc1C. The first-order valence-corrected chi connectivity index (χ1v) is 9.37. The van der Waals surface area contributed by atoms with E-state index < -0.39 is 0 Å². The second kappa shape index (κ2) is 6.81. The Morgan fingerprint density at radius 1 is 1.12 bits per heavy atom. The van der Waals surface area contributed by atoms with Gasteiger partial charge in [-0.2, -0.15) is 0 Å². The summed E-state index contributed by atoms with van der Waals surface area (Å²) in [7, 11) is 0. The lowest BCUT2D eigenvalue weighted by atomic mass is 9.84. The maximum Gasteiger partial charge on any atom is 0.122 e. The van der Waals surface area contributed by atoms with Crippen LogP contribution < -0.4 is 4.74 Å². The number of aryl methyl sites for hydroxylation is 1. The van der Waals surface area contributed by atoms with E-state index in [2.05, 4.69) is 54.3 Å². The van der Waals surface area contributed by atoms with Crippen LogP contribution in [0.25, 0.3) is 0 Å². The molecule has 0 atom stereocenters. The molecule has 2 heterocycles. The number of hydrogen-bond acceptors (Lipinski definition) is 3. The summed E-state index contributed by atoms with van der Waals surface area (Å²) in [6.07, 6.45) is 2.16. The topological polar surface area (TPSA) is 21.7 Å². The van der Waals surface area contributed by atoms with E-state index in [1.165, 1.54) is 22.3 Å². The molecule has 3 nitrogen and oxygen atoms in total. The second-order valence-corrected chi connectivity index (χ2v) is 7.25. The molecule has 0 aliphatic carbocycles.